The number of hydrogen-bond donors (Lipinski definition) is 1. The van der Waals surface area contributed by atoms with E-state index in [2.05, 4.69) is 30.0 Å². The third-order valence-electron chi connectivity index (χ3n) is 4.58. The third-order valence-corrected chi connectivity index (χ3v) is 4.58. The molecule has 8 heteroatoms. The number of nitrogens with one attached hydrogen (secondary N) is 1. The molecule has 0 radical (unpaired) electrons. The Kier molecular flexibility index (Phi) is 4.78. The molecule has 0 spiro atoms. The van der Waals surface area contributed by atoms with Gasteiger partial charge in [0.05, 0.1) is 6.54 Å². The minimum atomic E-state index is 0.141. The van der Waals surface area contributed by atoms with Crippen molar-refractivity contribution < 1.29 is 4.79 Å². The number of piperazine rings is 1. The molecule has 0 aliphatic carbocycles. The van der Waals surface area contributed by atoms with Crippen molar-refractivity contribution in [1.29, 1.82) is 0 Å². The lowest BCUT2D eigenvalue weighted by Crippen LogP contribution is -2.53. The average Bonchev–Trinajstić information content (AvgIpc) is 2.99. The van der Waals surface area contributed by atoms with Crippen LogP contribution in [0.25, 0.3) is 0 Å². The van der Waals surface area contributed by atoms with Crippen LogP contribution in [-0.4, -0.2) is 69.7 Å². The van der Waals surface area contributed by atoms with Gasteiger partial charge in [-0.25, -0.2) is 0 Å². The highest BCUT2D eigenvalue weighted by Crippen LogP contribution is 2.14. The van der Waals surface area contributed by atoms with Crippen LogP contribution in [0.3, 0.4) is 0 Å². The second-order valence-electron chi connectivity index (χ2n) is 6.04. The second kappa shape index (κ2) is 6.97. The van der Waals surface area contributed by atoms with Crippen LogP contribution >= 0.6 is 0 Å². The predicted octanol–water partition coefficient (Wildman–Crippen LogP) is -0.146. The molecule has 3 rings (SSSR count). The highest BCUT2D eigenvalue weighted by Gasteiger charge is 2.21. The van der Waals surface area contributed by atoms with Gasteiger partial charge in [0.1, 0.15) is 5.82 Å². The Balaban J connectivity index is 1.56. The molecular weight excluding hydrogens is 294 g/mol. The first-order valence-electron chi connectivity index (χ1n) is 8.31. The van der Waals surface area contributed by atoms with Crippen LogP contribution in [0.1, 0.15) is 31.4 Å². The monoisotopic (exact) mass is 319 g/mol. The van der Waals surface area contributed by atoms with E-state index in [4.69, 9.17) is 0 Å². The van der Waals surface area contributed by atoms with E-state index >= 15 is 0 Å². The number of carbonyl (C=O) groups is 1. The number of guanidine groups is 1. The van der Waals surface area contributed by atoms with Gasteiger partial charge in [-0.1, -0.05) is 0 Å². The standard InChI is InChI=1S/C15H25N7O/c1-12(23)20-7-9-21(10-8-20)15(16-2)17-11-14-19-18-13-5-3-4-6-22(13)14/h3-11H2,1-2H3,(H,16,17). The quantitative estimate of drug-likeness (QED) is 0.606. The summed E-state index contributed by atoms with van der Waals surface area (Å²) in [6.45, 7) is 6.36. The Morgan fingerprint density at radius 1 is 1.13 bits per heavy atom. The lowest BCUT2D eigenvalue weighted by molar-refractivity contribution is -0.130. The molecule has 8 nitrogen and oxygen atoms in total. The number of hydrogen-bond acceptors (Lipinski definition) is 4. The van der Waals surface area contributed by atoms with Crippen LogP contribution in [0, 0.1) is 0 Å². The number of rotatable bonds is 2. The summed E-state index contributed by atoms with van der Waals surface area (Å²) in [6.07, 6.45) is 3.42. The molecule has 3 heterocycles. The van der Waals surface area contributed by atoms with E-state index in [1.165, 1.54) is 12.8 Å². The zero-order chi connectivity index (χ0) is 16.2. The first-order chi connectivity index (χ1) is 11.2. The normalized spacial score (nSPS) is 18.8. The SMILES string of the molecule is CN=C(NCc1nnc2n1CCCC2)N1CCN(C(C)=O)CC1. The van der Waals surface area contributed by atoms with Gasteiger partial charge in [-0.05, 0) is 12.8 Å². The number of aliphatic imine (C=N–C) groups is 1. The highest BCUT2D eigenvalue weighted by molar-refractivity contribution is 5.80. The maximum Gasteiger partial charge on any atom is 0.219 e. The van der Waals surface area contributed by atoms with Crippen LogP contribution in [0.4, 0.5) is 0 Å². The van der Waals surface area contributed by atoms with Crippen molar-refractivity contribution in [2.45, 2.75) is 39.3 Å². The van der Waals surface area contributed by atoms with E-state index < -0.39 is 0 Å². The number of aryl methyl sites for hydroxylation is 1. The Morgan fingerprint density at radius 3 is 2.57 bits per heavy atom. The van der Waals surface area contributed by atoms with Crippen LogP contribution in [0.2, 0.25) is 0 Å². The van der Waals surface area contributed by atoms with E-state index in [1.54, 1.807) is 14.0 Å². The lowest BCUT2D eigenvalue weighted by Gasteiger charge is -2.36. The van der Waals surface area contributed by atoms with Crippen LogP contribution in [0.5, 0.6) is 0 Å². The fourth-order valence-corrected chi connectivity index (χ4v) is 3.22. The first-order valence-corrected chi connectivity index (χ1v) is 8.31. The van der Waals surface area contributed by atoms with E-state index in [0.29, 0.717) is 6.54 Å². The zero-order valence-electron chi connectivity index (χ0n) is 14.0. The first kappa shape index (κ1) is 15.8. The fraction of sp³-hybridized carbons (Fsp3) is 0.733. The molecule has 0 aromatic carbocycles. The topological polar surface area (TPSA) is 78.7 Å². The Bertz CT molecular complexity index is 587. The molecule has 23 heavy (non-hydrogen) atoms. The molecule has 0 unspecified atom stereocenters. The van der Waals surface area contributed by atoms with Crippen molar-refractivity contribution in [3.05, 3.63) is 11.6 Å². The highest BCUT2D eigenvalue weighted by atomic mass is 16.2. The van der Waals surface area contributed by atoms with Gasteiger partial charge in [-0.2, -0.15) is 0 Å². The number of nitrogens with zero attached hydrogens (tertiary/aromatic N) is 6. The lowest BCUT2D eigenvalue weighted by atomic mass is 10.2. The molecule has 1 aromatic rings. The molecule has 0 saturated carbocycles. The van der Waals surface area contributed by atoms with Crippen molar-refractivity contribution in [2.24, 2.45) is 4.99 Å². The van der Waals surface area contributed by atoms with Crippen LogP contribution in [0.15, 0.2) is 4.99 Å². The molecule has 1 aromatic heterocycles. The predicted molar refractivity (Wildman–Crippen MR) is 87.0 cm³/mol. The van der Waals surface area contributed by atoms with Crippen molar-refractivity contribution in [2.75, 3.05) is 33.2 Å². The van der Waals surface area contributed by atoms with Gasteiger partial charge >= 0.3 is 0 Å². The van der Waals surface area contributed by atoms with E-state index in [9.17, 15) is 4.79 Å². The minimum Gasteiger partial charge on any atom is -0.349 e. The molecule has 0 atom stereocenters. The molecule has 1 fully saturated rings. The number of fused-ring (bicyclic) bond motifs is 1. The molecule has 126 valence electrons. The van der Waals surface area contributed by atoms with Gasteiger partial charge in [0.2, 0.25) is 5.91 Å². The Morgan fingerprint density at radius 2 is 1.87 bits per heavy atom. The average molecular weight is 319 g/mol. The number of amides is 1. The minimum absolute atomic E-state index is 0.141. The maximum absolute atomic E-state index is 11.4. The molecule has 1 amide bonds. The molecule has 1 saturated heterocycles. The Labute approximate surface area is 136 Å². The van der Waals surface area contributed by atoms with Gasteiger partial charge < -0.3 is 19.7 Å². The summed E-state index contributed by atoms with van der Waals surface area (Å²) in [5, 5.41) is 12.0. The van der Waals surface area contributed by atoms with Gasteiger partial charge in [-0.3, -0.25) is 9.79 Å². The van der Waals surface area contributed by atoms with Crippen molar-refractivity contribution >= 4 is 11.9 Å². The van der Waals surface area contributed by atoms with E-state index in [0.717, 1.165) is 56.8 Å². The Hall–Kier alpha value is -2.12. The van der Waals surface area contributed by atoms with Crippen molar-refractivity contribution in [3.8, 4) is 0 Å². The van der Waals surface area contributed by atoms with Gasteiger partial charge in [0.15, 0.2) is 11.8 Å². The summed E-state index contributed by atoms with van der Waals surface area (Å²) < 4.78 is 2.22. The maximum atomic E-state index is 11.4. The molecule has 2 aliphatic rings. The molecule has 2 aliphatic heterocycles. The van der Waals surface area contributed by atoms with Crippen molar-refractivity contribution in [3.63, 3.8) is 0 Å². The summed E-state index contributed by atoms with van der Waals surface area (Å²) in [7, 11) is 1.79. The van der Waals surface area contributed by atoms with Gasteiger partial charge in [0.25, 0.3) is 0 Å². The van der Waals surface area contributed by atoms with Gasteiger partial charge in [-0.15, -0.1) is 10.2 Å². The zero-order valence-corrected chi connectivity index (χ0v) is 14.0. The van der Waals surface area contributed by atoms with Crippen LogP contribution < -0.4 is 5.32 Å². The summed E-state index contributed by atoms with van der Waals surface area (Å²) in [6, 6.07) is 0. The number of aromatic nitrogens is 3. The molecule has 0 bridgehead atoms. The summed E-state index contributed by atoms with van der Waals surface area (Å²) in [5.74, 6) is 3.07. The van der Waals surface area contributed by atoms with E-state index in [1.807, 2.05) is 4.90 Å². The van der Waals surface area contributed by atoms with Crippen LogP contribution in [-0.2, 0) is 24.3 Å². The summed E-state index contributed by atoms with van der Waals surface area (Å²) >= 11 is 0. The molecule has 1 N–H and O–H groups in total. The van der Waals surface area contributed by atoms with Crippen molar-refractivity contribution in [1.82, 2.24) is 29.9 Å². The fourth-order valence-electron chi connectivity index (χ4n) is 3.22. The smallest absolute Gasteiger partial charge is 0.219 e. The number of carbonyl (C=O) groups excluding carboxylic acids is 1. The van der Waals surface area contributed by atoms with Gasteiger partial charge in [0, 0.05) is 53.1 Å². The largest absolute Gasteiger partial charge is 0.349 e. The second-order valence-corrected chi connectivity index (χ2v) is 6.04. The summed E-state index contributed by atoms with van der Waals surface area (Å²) in [5.41, 5.74) is 0. The summed E-state index contributed by atoms with van der Waals surface area (Å²) in [4.78, 5) is 19.8. The molecular formula is C15H25N7O. The third kappa shape index (κ3) is 3.46. The van der Waals surface area contributed by atoms with E-state index in [-0.39, 0.29) is 5.91 Å².